The van der Waals surface area contributed by atoms with Crippen LogP contribution < -0.4 is 10.6 Å². The summed E-state index contributed by atoms with van der Waals surface area (Å²) in [7, 11) is 0. The molecule has 37 heavy (non-hydrogen) atoms. The molecule has 2 atom stereocenters. The molecule has 1 aromatic rings. The summed E-state index contributed by atoms with van der Waals surface area (Å²) in [5.74, 6) is -6.93. The summed E-state index contributed by atoms with van der Waals surface area (Å²) >= 11 is 0. The highest BCUT2D eigenvalue weighted by Gasteiger charge is 2.37. The van der Waals surface area contributed by atoms with E-state index in [4.69, 9.17) is 10.6 Å². The van der Waals surface area contributed by atoms with Crippen molar-refractivity contribution in [3.8, 4) is 11.8 Å². The normalized spacial score (nSPS) is 13.3. The van der Waals surface area contributed by atoms with E-state index in [2.05, 4.69) is 20.8 Å². The van der Waals surface area contributed by atoms with Crippen LogP contribution in [-0.2, 0) is 14.4 Å². The first kappa shape index (κ1) is 32.5. The Morgan fingerprint density at radius 1 is 0.811 bits per heavy atom. The highest BCUT2D eigenvalue weighted by molar-refractivity contribution is 6.08. The number of Topliss-reactive ketones (excluding diaryl/α,β-unsaturated/α-hetero) is 1. The number of unbranched alkanes of at least 4 members (excludes halogenated alkanes) is 10. The number of hydrogen-bond donors (Lipinski definition) is 4. The summed E-state index contributed by atoms with van der Waals surface area (Å²) in [6.07, 6.45) is 13.6. The average molecular weight is 525 g/mol. The monoisotopic (exact) mass is 524 g/mol. The fourth-order valence-electron chi connectivity index (χ4n) is 4.42. The smallest absolute Gasteiger partial charge is 0.343 e. The number of aromatic hydroxyl groups is 2. The first-order chi connectivity index (χ1) is 17.5. The van der Waals surface area contributed by atoms with Gasteiger partial charge < -0.3 is 25.9 Å². The number of nitrogens with two attached hydrogens (primary N) is 1. The van der Waals surface area contributed by atoms with E-state index in [1.807, 2.05) is 0 Å². The zero-order chi connectivity index (χ0) is 27.8. The van der Waals surface area contributed by atoms with Crippen molar-refractivity contribution in [1.29, 1.82) is 0 Å². The second-order valence-corrected chi connectivity index (χ2v) is 11.2. The van der Waals surface area contributed by atoms with Gasteiger partial charge in [0.1, 0.15) is 11.8 Å². The molecule has 0 aliphatic heterocycles. The topological polar surface area (TPSA) is 152 Å². The molecule has 0 aromatic carbocycles. The third-order valence-corrected chi connectivity index (χ3v) is 6.62. The molecule has 5 N–H and O–H groups in total. The van der Waals surface area contributed by atoms with E-state index in [1.165, 1.54) is 44.9 Å². The van der Waals surface area contributed by atoms with Crippen LogP contribution in [0.2, 0.25) is 0 Å². The molecule has 0 amide bonds. The molecular formula is C28H48N2O7. The van der Waals surface area contributed by atoms with Gasteiger partial charge in [0.15, 0.2) is 5.78 Å². The van der Waals surface area contributed by atoms with Crippen LogP contribution in [0.1, 0.15) is 111 Å². The van der Waals surface area contributed by atoms with Crippen molar-refractivity contribution in [3.05, 3.63) is 12.1 Å². The molecule has 1 aromatic heterocycles. The van der Waals surface area contributed by atoms with Gasteiger partial charge in [0, 0.05) is 12.1 Å². The Labute approximate surface area is 221 Å². The molecule has 2 unspecified atom stereocenters. The summed E-state index contributed by atoms with van der Waals surface area (Å²) in [6, 6.07) is 2.22. The van der Waals surface area contributed by atoms with Gasteiger partial charge in [-0.25, -0.2) is 4.79 Å². The minimum absolute atomic E-state index is 0.0294. The van der Waals surface area contributed by atoms with E-state index < -0.39 is 41.3 Å². The van der Waals surface area contributed by atoms with Crippen molar-refractivity contribution in [2.75, 3.05) is 6.54 Å². The summed E-state index contributed by atoms with van der Waals surface area (Å²) in [4.78, 5) is 42.2. The highest BCUT2D eigenvalue weighted by atomic mass is 16.7. The Morgan fingerprint density at radius 3 is 1.70 bits per heavy atom. The molecule has 0 fully saturated rings. The predicted molar refractivity (Wildman–Crippen MR) is 142 cm³/mol. The summed E-state index contributed by atoms with van der Waals surface area (Å²) < 4.78 is 0.474. The number of carbonyl (C=O) groups is 3. The minimum atomic E-state index is -1.40. The lowest BCUT2D eigenvalue weighted by atomic mass is 9.87. The van der Waals surface area contributed by atoms with E-state index in [0.717, 1.165) is 37.8 Å². The van der Waals surface area contributed by atoms with E-state index in [9.17, 15) is 29.7 Å². The largest absolute Gasteiger partial charge is 0.492 e. The average Bonchev–Trinajstić information content (AvgIpc) is 3.13. The zero-order valence-electron chi connectivity index (χ0n) is 22.9. The molecular weight excluding hydrogens is 476 g/mol. The molecule has 9 heteroatoms. The number of aliphatic carboxylic acids is 1. The van der Waals surface area contributed by atoms with Crippen molar-refractivity contribution < 1.29 is 34.5 Å². The van der Waals surface area contributed by atoms with Crippen molar-refractivity contribution in [1.82, 2.24) is 4.73 Å². The lowest BCUT2D eigenvalue weighted by Gasteiger charge is -2.19. The van der Waals surface area contributed by atoms with Crippen LogP contribution in [0.5, 0.6) is 11.8 Å². The Balaban J connectivity index is 2.34. The van der Waals surface area contributed by atoms with Crippen LogP contribution in [0.15, 0.2) is 12.1 Å². The van der Waals surface area contributed by atoms with Crippen molar-refractivity contribution in [2.45, 2.75) is 111 Å². The third kappa shape index (κ3) is 13.0. The maximum Gasteiger partial charge on any atom is 0.343 e. The van der Waals surface area contributed by atoms with E-state index in [-0.39, 0.29) is 19.4 Å². The van der Waals surface area contributed by atoms with Gasteiger partial charge in [0.25, 0.3) is 0 Å². The van der Waals surface area contributed by atoms with Gasteiger partial charge in [-0.1, -0.05) is 91.4 Å². The van der Waals surface area contributed by atoms with Crippen LogP contribution in [-0.4, -0.2) is 44.3 Å². The molecule has 1 heterocycles. The van der Waals surface area contributed by atoms with Gasteiger partial charge in [-0.2, -0.15) is 0 Å². The molecule has 0 aliphatic carbocycles. The maximum absolute atomic E-state index is 12.9. The summed E-state index contributed by atoms with van der Waals surface area (Å²) in [5, 5.41) is 28.9. The van der Waals surface area contributed by atoms with Gasteiger partial charge in [-0.15, -0.1) is 4.73 Å². The molecule has 0 aliphatic rings. The number of carbonyl (C=O) groups excluding carboxylic acids is 2. The standard InChI is InChI=1S/C28H48N2O7/c1-28(2,3)19-14-12-10-8-6-4-5-7-9-11-13-15-21(26(34)35)25(33)22(18-20-29)27(36)37-30-23(31)16-17-24(30)32/h16-17,21-22,31-32H,4-15,18-20,29H2,1-3H3,(H,34,35). The Bertz CT molecular complexity index is 809. The van der Waals surface area contributed by atoms with Gasteiger partial charge >= 0.3 is 11.9 Å². The number of nitrogens with zero attached hydrogens (tertiary/aromatic N) is 1. The van der Waals surface area contributed by atoms with Gasteiger partial charge in [-0.05, 0) is 31.2 Å². The number of carboxylic acid groups (broad SMARTS) is 1. The van der Waals surface area contributed by atoms with Gasteiger partial charge in [-0.3, -0.25) is 9.59 Å². The first-order valence-corrected chi connectivity index (χ1v) is 13.8. The predicted octanol–water partition coefficient (Wildman–Crippen LogP) is 5.21. The third-order valence-electron chi connectivity index (χ3n) is 6.62. The Kier molecular flexibility index (Phi) is 15.0. The molecule has 0 spiro atoms. The van der Waals surface area contributed by atoms with Crippen LogP contribution in [0, 0.1) is 17.3 Å². The second kappa shape index (κ2) is 17.1. The number of ketones is 1. The molecule has 0 radical (unpaired) electrons. The van der Waals surface area contributed by atoms with E-state index in [0.29, 0.717) is 16.6 Å². The lowest BCUT2D eigenvalue weighted by molar-refractivity contribution is -0.157. The second-order valence-electron chi connectivity index (χ2n) is 11.2. The van der Waals surface area contributed by atoms with Gasteiger partial charge in [0.2, 0.25) is 11.8 Å². The van der Waals surface area contributed by atoms with Crippen molar-refractivity contribution in [2.24, 2.45) is 23.0 Å². The fourth-order valence-corrected chi connectivity index (χ4v) is 4.42. The molecule has 0 saturated carbocycles. The zero-order valence-corrected chi connectivity index (χ0v) is 22.9. The quantitative estimate of drug-likeness (QED) is 0.134. The molecule has 9 nitrogen and oxygen atoms in total. The number of carboxylic acids is 1. The highest BCUT2D eigenvalue weighted by Crippen LogP contribution is 2.24. The van der Waals surface area contributed by atoms with Crippen molar-refractivity contribution >= 4 is 17.7 Å². The van der Waals surface area contributed by atoms with E-state index >= 15 is 0 Å². The number of hydrogen-bond acceptors (Lipinski definition) is 7. The van der Waals surface area contributed by atoms with Gasteiger partial charge in [0.05, 0.1) is 0 Å². The summed E-state index contributed by atoms with van der Waals surface area (Å²) in [6.45, 7) is 6.83. The fraction of sp³-hybridized carbons (Fsp3) is 0.750. The SMILES string of the molecule is CC(C)(C)CCCCCCCCCCCCCC(C(=O)O)C(=O)C(CCN)C(=O)On1c(O)ccc1O. The number of rotatable bonds is 20. The Hall–Kier alpha value is -2.55. The molecule has 0 bridgehead atoms. The van der Waals surface area contributed by atoms with E-state index in [1.54, 1.807) is 0 Å². The summed E-state index contributed by atoms with van der Waals surface area (Å²) in [5.41, 5.74) is 5.96. The maximum atomic E-state index is 12.9. The van der Waals surface area contributed by atoms with Crippen LogP contribution in [0.25, 0.3) is 0 Å². The lowest BCUT2D eigenvalue weighted by Crippen LogP contribution is -2.39. The molecule has 212 valence electrons. The van der Waals surface area contributed by atoms with Crippen LogP contribution in [0.3, 0.4) is 0 Å². The van der Waals surface area contributed by atoms with Crippen molar-refractivity contribution in [3.63, 3.8) is 0 Å². The molecule has 0 saturated heterocycles. The molecule has 1 rings (SSSR count). The van der Waals surface area contributed by atoms with Crippen LogP contribution in [0.4, 0.5) is 0 Å². The number of aromatic nitrogens is 1. The minimum Gasteiger partial charge on any atom is -0.492 e. The van der Waals surface area contributed by atoms with Crippen LogP contribution >= 0.6 is 0 Å². The first-order valence-electron chi connectivity index (χ1n) is 13.8. The Morgan fingerprint density at radius 2 is 1.27 bits per heavy atom.